The lowest BCUT2D eigenvalue weighted by molar-refractivity contribution is -0.387. The highest BCUT2D eigenvalue weighted by Crippen LogP contribution is 2.28. The second kappa shape index (κ2) is 7.69. The van der Waals surface area contributed by atoms with E-state index in [-0.39, 0.29) is 11.7 Å². The summed E-state index contributed by atoms with van der Waals surface area (Å²) in [5.41, 5.74) is 0.0923. The van der Waals surface area contributed by atoms with Gasteiger partial charge < -0.3 is 5.32 Å². The first-order chi connectivity index (χ1) is 8.69. The molecule has 0 spiro atoms. The van der Waals surface area contributed by atoms with E-state index in [4.69, 9.17) is 5.26 Å². The molecule has 6 heteroatoms. The van der Waals surface area contributed by atoms with Gasteiger partial charge in [0.05, 0.1) is 15.9 Å². The van der Waals surface area contributed by atoms with E-state index in [0.29, 0.717) is 10.6 Å². The maximum Gasteiger partial charge on any atom is 0.282 e. The van der Waals surface area contributed by atoms with Crippen LogP contribution in [0.15, 0.2) is 29.2 Å². The smallest absolute Gasteiger partial charge is 0.282 e. The Hall–Kier alpha value is -1.58. The van der Waals surface area contributed by atoms with Crippen LogP contribution in [0.1, 0.15) is 13.3 Å². The highest BCUT2D eigenvalue weighted by molar-refractivity contribution is 7.99. The molecule has 0 aliphatic carbocycles. The van der Waals surface area contributed by atoms with Gasteiger partial charge in [0.1, 0.15) is 6.04 Å². The first-order valence-electron chi connectivity index (χ1n) is 5.68. The van der Waals surface area contributed by atoms with E-state index in [1.165, 1.54) is 17.8 Å². The molecular formula is C12H15N3O2S. The quantitative estimate of drug-likeness (QED) is 0.465. The predicted octanol–water partition coefficient (Wildman–Crippen LogP) is 2.58. The van der Waals surface area contributed by atoms with Gasteiger partial charge in [0.15, 0.2) is 0 Å². The molecule has 0 aliphatic rings. The molecule has 0 radical (unpaired) electrons. The van der Waals surface area contributed by atoms with Crippen LogP contribution >= 0.6 is 11.8 Å². The standard InChI is InChI=1S/C12H15N3O2S/c1-2-7-14-10(8-13)9-18-12-6-4-3-5-11(12)15(16)17/h3-6,10,14H,2,7,9H2,1H3. The number of rotatable bonds is 7. The number of thioether (sulfide) groups is 1. The highest BCUT2D eigenvalue weighted by Gasteiger charge is 2.14. The minimum atomic E-state index is -0.400. The molecule has 18 heavy (non-hydrogen) atoms. The van der Waals surface area contributed by atoms with Gasteiger partial charge >= 0.3 is 0 Å². The summed E-state index contributed by atoms with van der Waals surface area (Å²) in [4.78, 5) is 11.0. The molecule has 1 atom stereocenters. The first kappa shape index (κ1) is 14.5. The second-order valence-corrected chi connectivity index (χ2v) is 4.73. The van der Waals surface area contributed by atoms with Crippen molar-refractivity contribution in [3.63, 3.8) is 0 Å². The average Bonchev–Trinajstić information content (AvgIpc) is 2.39. The SMILES string of the molecule is CCCNC(C#N)CSc1ccccc1[N+](=O)[O-]. The Balaban J connectivity index is 2.62. The van der Waals surface area contributed by atoms with Crippen molar-refractivity contribution < 1.29 is 4.92 Å². The average molecular weight is 265 g/mol. The van der Waals surface area contributed by atoms with Crippen LogP contribution in [0, 0.1) is 21.4 Å². The molecule has 5 nitrogen and oxygen atoms in total. The third kappa shape index (κ3) is 4.35. The Morgan fingerprint density at radius 3 is 2.89 bits per heavy atom. The minimum Gasteiger partial charge on any atom is -0.301 e. The summed E-state index contributed by atoms with van der Waals surface area (Å²) in [5.74, 6) is 0.501. The largest absolute Gasteiger partial charge is 0.301 e. The summed E-state index contributed by atoms with van der Waals surface area (Å²) in [5, 5.41) is 22.9. The van der Waals surface area contributed by atoms with Crippen molar-refractivity contribution >= 4 is 17.4 Å². The zero-order chi connectivity index (χ0) is 13.4. The zero-order valence-corrected chi connectivity index (χ0v) is 10.9. The van der Waals surface area contributed by atoms with Crippen LogP contribution in [0.25, 0.3) is 0 Å². The van der Waals surface area contributed by atoms with Crippen LogP contribution in [0.3, 0.4) is 0 Å². The second-order valence-electron chi connectivity index (χ2n) is 3.67. The first-order valence-corrected chi connectivity index (χ1v) is 6.66. The van der Waals surface area contributed by atoms with Crippen LogP contribution in [-0.2, 0) is 0 Å². The summed E-state index contributed by atoms with van der Waals surface area (Å²) in [6, 6.07) is 8.45. The Kier molecular flexibility index (Phi) is 6.19. The van der Waals surface area contributed by atoms with Crippen molar-refractivity contribution in [3.8, 4) is 6.07 Å². The lowest BCUT2D eigenvalue weighted by atomic mass is 10.3. The molecule has 0 aromatic heterocycles. The van der Waals surface area contributed by atoms with Gasteiger partial charge in [-0.1, -0.05) is 19.1 Å². The van der Waals surface area contributed by atoms with Gasteiger partial charge in [-0.3, -0.25) is 10.1 Å². The van der Waals surface area contributed by atoms with Crippen LogP contribution in [0.5, 0.6) is 0 Å². The fourth-order valence-corrected chi connectivity index (χ4v) is 2.37. The van der Waals surface area contributed by atoms with E-state index in [0.717, 1.165) is 13.0 Å². The molecular weight excluding hydrogens is 250 g/mol. The normalized spacial score (nSPS) is 11.8. The van der Waals surface area contributed by atoms with Crippen molar-refractivity contribution in [2.24, 2.45) is 0 Å². The van der Waals surface area contributed by atoms with Gasteiger partial charge in [-0.25, -0.2) is 0 Å². The van der Waals surface area contributed by atoms with Gasteiger partial charge in [-0.2, -0.15) is 5.26 Å². The monoisotopic (exact) mass is 265 g/mol. The lowest BCUT2D eigenvalue weighted by Crippen LogP contribution is -2.30. The van der Waals surface area contributed by atoms with Gasteiger partial charge in [0.2, 0.25) is 0 Å². The number of para-hydroxylation sites is 1. The van der Waals surface area contributed by atoms with Crippen LogP contribution in [-0.4, -0.2) is 23.3 Å². The molecule has 0 heterocycles. The molecule has 0 fully saturated rings. The Morgan fingerprint density at radius 1 is 1.56 bits per heavy atom. The number of nitro benzene ring substituents is 1. The number of nitro groups is 1. The maximum absolute atomic E-state index is 10.8. The molecule has 0 bridgehead atoms. The van der Waals surface area contributed by atoms with Gasteiger partial charge in [-0.05, 0) is 19.0 Å². The summed E-state index contributed by atoms with van der Waals surface area (Å²) in [6.07, 6.45) is 0.953. The number of nitrogens with one attached hydrogen (secondary N) is 1. The molecule has 0 saturated heterocycles. The van der Waals surface area contributed by atoms with Crippen molar-refractivity contribution in [1.29, 1.82) is 5.26 Å². The van der Waals surface area contributed by atoms with Crippen molar-refractivity contribution in [1.82, 2.24) is 5.32 Å². The number of benzene rings is 1. The third-order valence-electron chi connectivity index (χ3n) is 2.26. The highest BCUT2D eigenvalue weighted by atomic mass is 32.2. The van der Waals surface area contributed by atoms with Crippen LogP contribution in [0.2, 0.25) is 0 Å². The van der Waals surface area contributed by atoms with E-state index in [2.05, 4.69) is 11.4 Å². The number of hydrogen-bond donors (Lipinski definition) is 1. The van der Waals surface area contributed by atoms with E-state index in [1.54, 1.807) is 18.2 Å². The van der Waals surface area contributed by atoms with Crippen LogP contribution in [0.4, 0.5) is 5.69 Å². The fourth-order valence-electron chi connectivity index (χ4n) is 1.36. The lowest BCUT2D eigenvalue weighted by Gasteiger charge is -2.10. The van der Waals surface area contributed by atoms with E-state index in [1.807, 2.05) is 6.92 Å². The van der Waals surface area contributed by atoms with Crippen molar-refractivity contribution in [2.75, 3.05) is 12.3 Å². The zero-order valence-electron chi connectivity index (χ0n) is 10.1. The molecule has 1 unspecified atom stereocenters. The van der Waals surface area contributed by atoms with Crippen molar-refractivity contribution in [3.05, 3.63) is 34.4 Å². The van der Waals surface area contributed by atoms with Gasteiger partial charge in [0, 0.05) is 11.8 Å². The topological polar surface area (TPSA) is 79.0 Å². The minimum absolute atomic E-state index is 0.0923. The summed E-state index contributed by atoms with van der Waals surface area (Å²) in [6.45, 7) is 2.80. The molecule has 0 amide bonds. The van der Waals surface area contributed by atoms with E-state index >= 15 is 0 Å². The molecule has 1 aromatic rings. The summed E-state index contributed by atoms with van der Waals surface area (Å²) in [7, 11) is 0. The van der Waals surface area contributed by atoms with E-state index in [9.17, 15) is 10.1 Å². The third-order valence-corrected chi connectivity index (χ3v) is 3.42. The molecule has 1 N–H and O–H groups in total. The molecule has 1 rings (SSSR count). The van der Waals surface area contributed by atoms with Crippen LogP contribution < -0.4 is 5.32 Å². The van der Waals surface area contributed by atoms with Gasteiger partial charge in [0.25, 0.3) is 5.69 Å². The molecule has 1 aromatic carbocycles. The van der Waals surface area contributed by atoms with Crippen molar-refractivity contribution in [2.45, 2.75) is 24.3 Å². The predicted molar refractivity (Wildman–Crippen MR) is 71.5 cm³/mol. The fraction of sp³-hybridized carbons (Fsp3) is 0.417. The molecule has 0 aliphatic heterocycles. The Bertz CT molecular complexity index is 445. The summed E-state index contributed by atoms with van der Waals surface area (Å²) < 4.78 is 0. The Morgan fingerprint density at radius 2 is 2.28 bits per heavy atom. The molecule has 0 saturated carbocycles. The number of nitriles is 1. The number of hydrogen-bond acceptors (Lipinski definition) is 5. The van der Waals surface area contributed by atoms with Gasteiger partial charge in [-0.15, -0.1) is 11.8 Å². The van der Waals surface area contributed by atoms with E-state index < -0.39 is 4.92 Å². The molecule has 96 valence electrons. The maximum atomic E-state index is 10.8. The summed E-state index contributed by atoms with van der Waals surface area (Å²) >= 11 is 1.33. The Labute approximate surface area is 110 Å². The number of nitrogens with zero attached hydrogens (tertiary/aromatic N) is 2.